The maximum Gasteiger partial charge on any atom is 0.451 e. The molecular formula is C23H34F5N5O2S. The first-order valence-corrected chi connectivity index (χ1v) is 14.3. The van der Waals surface area contributed by atoms with Crippen LogP contribution in [0.5, 0.6) is 0 Å². The molecule has 3 aliphatic rings. The zero-order valence-electron chi connectivity index (χ0n) is 20.7. The standard InChI is InChI=1S/C23H34F5N5O2S/c1-31(14-17-15-33(36(2,34)35)12-10-22(17,24)25)18-13-19(30-20(29-18)23(26,27)28)32-11-6-9-21(16-32)7-4-3-5-8-21/h13,17H,3-12,14-16H2,1-2H3. The normalized spacial score (nSPS) is 25.2. The lowest BCUT2D eigenvalue weighted by molar-refractivity contribution is -0.144. The molecule has 1 aromatic heterocycles. The van der Waals surface area contributed by atoms with Gasteiger partial charge in [0.15, 0.2) is 0 Å². The molecule has 1 aromatic rings. The summed E-state index contributed by atoms with van der Waals surface area (Å²) in [6.45, 7) is 0.141. The van der Waals surface area contributed by atoms with Gasteiger partial charge in [-0.3, -0.25) is 0 Å². The fraction of sp³-hybridized carbons (Fsp3) is 0.826. The van der Waals surface area contributed by atoms with Crippen molar-refractivity contribution < 1.29 is 30.4 Å². The number of aromatic nitrogens is 2. The highest BCUT2D eigenvalue weighted by Gasteiger charge is 2.47. The molecule has 204 valence electrons. The van der Waals surface area contributed by atoms with Gasteiger partial charge in [-0.2, -0.15) is 13.2 Å². The molecule has 0 radical (unpaired) electrons. The first-order chi connectivity index (χ1) is 16.7. The molecular weight excluding hydrogens is 505 g/mol. The van der Waals surface area contributed by atoms with E-state index in [0.717, 1.165) is 49.1 Å². The van der Waals surface area contributed by atoms with Gasteiger partial charge in [0, 0.05) is 52.3 Å². The molecule has 3 heterocycles. The maximum absolute atomic E-state index is 14.7. The van der Waals surface area contributed by atoms with Crippen LogP contribution in [0.15, 0.2) is 6.07 Å². The van der Waals surface area contributed by atoms with Crippen molar-refractivity contribution in [3.63, 3.8) is 0 Å². The summed E-state index contributed by atoms with van der Waals surface area (Å²) < 4.78 is 95.4. The fourth-order valence-corrected chi connectivity index (χ4v) is 6.76. The third kappa shape index (κ3) is 6.03. The van der Waals surface area contributed by atoms with Crippen molar-refractivity contribution in [3.8, 4) is 0 Å². The Labute approximate surface area is 209 Å². The number of rotatable bonds is 5. The van der Waals surface area contributed by atoms with E-state index in [1.807, 2.05) is 4.90 Å². The van der Waals surface area contributed by atoms with Crippen LogP contribution in [0.1, 0.15) is 57.2 Å². The Morgan fingerprint density at radius 1 is 1.06 bits per heavy atom. The predicted octanol–water partition coefficient (Wildman–Crippen LogP) is 4.40. The fourth-order valence-electron chi connectivity index (χ4n) is 5.88. The smallest absolute Gasteiger partial charge is 0.359 e. The minimum Gasteiger partial charge on any atom is -0.359 e. The quantitative estimate of drug-likeness (QED) is 0.517. The van der Waals surface area contributed by atoms with Crippen molar-refractivity contribution in [1.29, 1.82) is 0 Å². The van der Waals surface area contributed by atoms with E-state index in [9.17, 15) is 30.4 Å². The van der Waals surface area contributed by atoms with E-state index in [0.29, 0.717) is 13.1 Å². The SMILES string of the molecule is CN(CC1CN(S(C)(=O)=O)CCC1(F)F)c1cc(N2CCCC3(CCCCC3)C2)nc(C(F)(F)F)n1. The average Bonchev–Trinajstić information content (AvgIpc) is 2.79. The Kier molecular flexibility index (Phi) is 7.46. The number of halogens is 5. The van der Waals surface area contributed by atoms with Crippen LogP contribution in [0.2, 0.25) is 0 Å². The van der Waals surface area contributed by atoms with Crippen LogP contribution >= 0.6 is 0 Å². The number of sulfonamides is 1. The molecule has 2 saturated heterocycles. The Hall–Kier alpha value is -1.76. The molecule has 0 amide bonds. The number of hydrogen-bond acceptors (Lipinski definition) is 6. The van der Waals surface area contributed by atoms with E-state index in [1.54, 1.807) is 0 Å². The highest BCUT2D eigenvalue weighted by atomic mass is 32.2. The van der Waals surface area contributed by atoms with Gasteiger partial charge in [0.1, 0.15) is 11.6 Å². The summed E-state index contributed by atoms with van der Waals surface area (Å²) in [6, 6.07) is 1.44. The highest BCUT2D eigenvalue weighted by Crippen LogP contribution is 2.44. The summed E-state index contributed by atoms with van der Waals surface area (Å²) in [5.74, 6) is -5.81. The van der Waals surface area contributed by atoms with Crippen molar-refractivity contribution in [2.45, 2.75) is 63.5 Å². The van der Waals surface area contributed by atoms with Gasteiger partial charge in [-0.05, 0) is 31.1 Å². The molecule has 0 aromatic carbocycles. The van der Waals surface area contributed by atoms with E-state index < -0.39 is 46.8 Å². The van der Waals surface area contributed by atoms with Crippen molar-refractivity contribution in [2.24, 2.45) is 11.3 Å². The van der Waals surface area contributed by atoms with Crippen molar-refractivity contribution >= 4 is 21.7 Å². The number of piperidine rings is 2. The summed E-state index contributed by atoms with van der Waals surface area (Å²) >= 11 is 0. The number of hydrogen-bond donors (Lipinski definition) is 0. The minimum atomic E-state index is -4.80. The minimum absolute atomic E-state index is 0.0746. The zero-order chi connectivity index (χ0) is 26.4. The zero-order valence-corrected chi connectivity index (χ0v) is 21.5. The number of alkyl halides is 5. The van der Waals surface area contributed by atoms with Crippen LogP contribution < -0.4 is 9.80 Å². The molecule has 36 heavy (non-hydrogen) atoms. The van der Waals surface area contributed by atoms with Crippen LogP contribution in [0.4, 0.5) is 33.6 Å². The third-order valence-corrected chi connectivity index (χ3v) is 9.19. The van der Waals surface area contributed by atoms with Crippen LogP contribution in [-0.2, 0) is 16.2 Å². The molecule has 1 atom stereocenters. The molecule has 4 rings (SSSR count). The first-order valence-electron chi connectivity index (χ1n) is 12.4. The van der Waals surface area contributed by atoms with Gasteiger partial charge in [-0.1, -0.05) is 19.3 Å². The van der Waals surface area contributed by atoms with Crippen LogP contribution in [0.25, 0.3) is 0 Å². The summed E-state index contributed by atoms with van der Waals surface area (Å²) in [6.07, 6.45) is 2.89. The lowest BCUT2D eigenvalue weighted by Gasteiger charge is -2.46. The number of anilines is 2. The Morgan fingerprint density at radius 3 is 2.36 bits per heavy atom. The summed E-state index contributed by atoms with van der Waals surface area (Å²) in [5, 5.41) is 0. The molecule has 3 fully saturated rings. The van der Waals surface area contributed by atoms with E-state index in [1.165, 1.54) is 24.4 Å². The van der Waals surface area contributed by atoms with Crippen molar-refractivity contribution in [2.75, 3.05) is 55.8 Å². The van der Waals surface area contributed by atoms with E-state index in [2.05, 4.69) is 9.97 Å². The highest BCUT2D eigenvalue weighted by molar-refractivity contribution is 7.88. The van der Waals surface area contributed by atoms with Gasteiger partial charge in [0.2, 0.25) is 15.8 Å². The molecule has 1 unspecified atom stereocenters. The lowest BCUT2D eigenvalue weighted by atomic mass is 9.69. The molecule has 0 N–H and O–H groups in total. The van der Waals surface area contributed by atoms with Crippen LogP contribution in [0.3, 0.4) is 0 Å². The maximum atomic E-state index is 14.7. The van der Waals surface area contributed by atoms with Crippen molar-refractivity contribution in [1.82, 2.24) is 14.3 Å². The second kappa shape index (κ2) is 9.85. The van der Waals surface area contributed by atoms with Gasteiger partial charge in [-0.25, -0.2) is 31.5 Å². The average molecular weight is 540 g/mol. The van der Waals surface area contributed by atoms with Gasteiger partial charge >= 0.3 is 6.18 Å². The van der Waals surface area contributed by atoms with Crippen LogP contribution in [-0.4, -0.2) is 74.6 Å². The predicted molar refractivity (Wildman–Crippen MR) is 127 cm³/mol. The topological polar surface area (TPSA) is 69.6 Å². The second-order valence-corrected chi connectivity index (χ2v) is 12.7. The first kappa shape index (κ1) is 27.3. The monoisotopic (exact) mass is 539 g/mol. The van der Waals surface area contributed by atoms with Crippen molar-refractivity contribution in [3.05, 3.63) is 11.9 Å². The number of nitrogens with zero attached hydrogens (tertiary/aromatic N) is 5. The lowest BCUT2D eigenvalue weighted by Crippen LogP contribution is -2.52. The molecule has 1 spiro atoms. The van der Waals surface area contributed by atoms with Gasteiger partial charge < -0.3 is 9.80 Å². The largest absolute Gasteiger partial charge is 0.451 e. The van der Waals surface area contributed by atoms with E-state index in [4.69, 9.17) is 0 Å². The molecule has 13 heteroatoms. The summed E-state index contributed by atoms with van der Waals surface area (Å²) in [5.41, 5.74) is 0.0746. The third-order valence-electron chi connectivity index (χ3n) is 7.92. The van der Waals surface area contributed by atoms with Gasteiger partial charge in [0.05, 0.1) is 12.2 Å². The molecule has 7 nitrogen and oxygen atoms in total. The molecule has 1 aliphatic carbocycles. The Morgan fingerprint density at radius 2 is 1.72 bits per heavy atom. The van der Waals surface area contributed by atoms with Gasteiger partial charge in [0.25, 0.3) is 5.92 Å². The Balaban J connectivity index is 1.60. The molecule has 0 bridgehead atoms. The van der Waals surface area contributed by atoms with Crippen LogP contribution in [0, 0.1) is 11.3 Å². The second-order valence-electron chi connectivity index (χ2n) is 10.7. The summed E-state index contributed by atoms with van der Waals surface area (Å²) in [7, 11) is -2.27. The Bertz CT molecular complexity index is 1040. The molecule has 2 aliphatic heterocycles. The van der Waals surface area contributed by atoms with E-state index >= 15 is 0 Å². The molecule has 1 saturated carbocycles. The van der Waals surface area contributed by atoms with Gasteiger partial charge in [-0.15, -0.1) is 0 Å². The summed E-state index contributed by atoms with van der Waals surface area (Å²) in [4.78, 5) is 10.6. The van der Waals surface area contributed by atoms with E-state index in [-0.39, 0.29) is 30.1 Å².